The molecule has 1 aromatic carbocycles. The van der Waals surface area contributed by atoms with Gasteiger partial charge in [-0.15, -0.1) is 0 Å². The minimum Gasteiger partial charge on any atom is -0.465 e. The van der Waals surface area contributed by atoms with Gasteiger partial charge in [0.1, 0.15) is 0 Å². The van der Waals surface area contributed by atoms with Gasteiger partial charge in [0, 0.05) is 12.2 Å². The molecule has 0 saturated carbocycles. The van der Waals surface area contributed by atoms with Crippen LogP contribution in [0.15, 0.2) is 18.2 Å². The van der Waals surface area contributed by atoms with Gasteiger partial charge in [-0.3, -0.25) is 0 Å². The van der Waals surface area contributed by atoms with Crippen LogP contribution in [0.3, 0.4) is 0 Å². The van der Waals surface area contributed by atoms with Crippen LogP contribution in [-0.2, 0) is 4.74 Å². The molecule has 21 heavy (non-hydrogen) atoms. The topological polar surface area (TPSA) is 53.6 Å². The van der Waals surface area contributed by atoms with Crippen molar-refractivity contribution in [3.05, 3.63) is 29.3 Å². The highest BCUT2D eigenvalue weighted by Crippen LogP contribution is 2.19. The molecule has 0 aliphatic rings. The molecule has 2 N–H and O–H groups in total. The number of hydrogen-bond acceptors (Lipinski definition) is 4. The molecule has 6 heteroatoms. The van der Waals surface area contributed by atoms with Crippen LogP contribution in [0.5, 0.6) is 0 Å². The Kier molecular flexibility index (Phi) is 7.11. The van der Waals surface area contributed by atoms with E-state index < -0.39 is 0 Å². The Labute approximate surface area is 131 Å². The van der Waals surface area contributed by atoms with Gasteiger partial charge in [0.2, 0.25) is 0 Å². The van der Waals surface area contributed by atoms with Gasteiger partial charge in [0.05, 0.1) is 12.7 Å². The average molecular weight is 309 g/mol. The third-order valence-electron chi connectivity index (χ3n) is 3.05. The molecule has 0 aliphatic carbocycles. The van der Waals surface area contributed by atoms with Gasteiger partial charge in [-0.25, -0.2) is 4.79 Å². The number of anilines is 1. The van der Waals surface area contributed by atoms with Crippen LogP contribution in [0, 0.1) is 6.92 Å². The zero-order valence-electron chi connectivity index (χ0n) is 13.0. The summed E-state index contributed by atoms with van der Waals surface area (Å²) in [6.45, 7) is 3.68. The third-order valence-corrected chi connectivity index (χ3v) is 3.30. The molecule has 0 saturated heterocycles. The smallest absolute Gasteiger partial charge is 0.338 e. The van der Waals surface area contributed by atoms with E-state index >= 15 is 0 Å². The Morgan fingerprint density at radius 1 is 1.38 bits per heavy atom. The fourth-order valence-electron chi connectivity index (χ4n) is 1.87. The first-order valence-electron chi connectivity index (χ1n) is 6.83. The molecule has 0 aliphatic heterocycles. The molecule has 5 nitrogen and oxygen atoms in total. The van der Waals surface area contributed by atoms with Crippen LogP contribution in [0.25, 0.3) is 0 Å². The third kappa shape index (κ3) is 5.69. The van der Waals surface area contributed by atoms with Crippen LogP contribution in [0.2, 0.25) is 0 Å². The van der Waals surface area contributed by atoms with Gasteiger partial charge in [0.25, 0.3) is 0 Å². The summed E-state index contributed by atoms with van der Waals surface area (Å²) in [7, 11) is 5.45. The van der Waals surface area contributed by atoms with E-state index in [2.05, 4.69) is 15.5 Å². The Balaban J connectivity index is 2.58. The molecule has 1 aromatic rings. The van der Waals surface area contributed by atoms with E-state index in [-0.39, 0.29) is 5.97 Å². The maximum atomic E-state index is 11.6. The number of nitrogens with zero attached hydrogens (tertiary/aromatic N) is 1. The molecule has 0 atom stereocenters. The van der Waals surface area contributed by atoms with Crippen molar-refractivity contribution >= 4 is 29.0 Å². The summed E-state index contributed by atoms with van der Waals surface area (Å²) in [4.78, 5) is 13.8. The van der Waals surface area contributed by atoms with Gasteiger partial charge < -0.3 is 20.3 Å². The van der Waals surface area contributed by atoms with E-state index in [0.29, 0.717) is 10.7 Å². The molecule has 116 valence electrons. The minimum atomic E-state index is -0.346. The number of nitrogens with one attached hydrogen (secondary N) is 2. The van der Waals surface area contributed by atoms with Crippen molar-refractivity contribution in [2.24, 2.45) is 0 Å². The molecular weight excluding hydrogens is 286 g/mol. The first-order chi connectivity index (χ1) is 9.95. The maximum Gasteiger partial charge on any atom is 0.338 e. The summed E-state index contributed by atoms with van der Waals surface area (Å²) in [6, 6.07) is 5.42. The number of ether oxygens (including phenoxy) is 1. The number of hydrogen-bond donors (Lipinski definition) is 2. The zero-order valence-corrected chi connectivity index (χ0v) is 13.8. The quantitative estimate of drug-likeness (QED) is 0.476. The van der Waals surface area contributed by atoms with E-state index in [1.54, 1.807) is 12.1 Å². The van der Waals surface area contributed by atoms with Crippen molar-refractivity contribution in [2.45, 2.75) is 13.3 Å². The van der Waals surface area contributed by atoms with Crippen molar-refractivity contribution in [2.75, 3.05) is 39.6 Å². The zero-order chi connectivity index (χ0) is 15.8. The molecule has 0 bridgehead atoms. The molecule has 0 unspecified atom stereocenters. The van der Waals surface area contributed by atoms with E-state index in [0.717, 1.165) is 30.8 Å². The lowest BCUT2D eigenvalue weighted by Gasteiger charge is -2.15. The van der Waals surface area contributed by atoms with Gasteiger partial charge in [-0.05, 0) is 63.9 Å². The van der Waals surface area contributed by atoms with Crippen LogP contribution < -0.4 is 10.6 Å². The SMILES string of the molecule is COC(=O)c1cccc(NC(=S)NCCCN(C)C)c1C. The molecule has 0 spiro atoms. The van der Waals surface area contributed by atoms with E-state index in [9.17, 15) is 4.79 Å². The van der Waals surface area contributed by atoms with Crippen LogP contribution in [-0.4, -0.2) is 50.3 Å². The monoisotopic (exact) mass is 309 g/mol. The van der Waals surface area contributed by atoms with Crippen LogP contribution in [0.1, 0.15) is 22.3 Å². The maximum absolute atomic E-state index is 11.6. The average Bonchev–Trinajstić information content (AvgIpc) is 2.45. The number of thiocarbonyl (C=S) groups is 1. The molecule has 0 radical (unpaired) electrons. The van der Waals surface area contributed by atoms with Gasteiger partial charge in [-0.2, -0.15) is 0 Å². The van der Waals surface area contributed by atoms with Crippen molar-refractivity contribution in [1.29, 1.82) is 0 Å². The van der Waals surface area contributed by atoms with Gasteiger partial charge >= 0.3 is 5.97 Å². The predicted octanol–water partition coefficient (Wildman–Crippen LogP) is 2.02. The number of rotatable bonds is 6. The molecule has 0 fully saturated rings. The Hall–Kier alpha value is -1.66. The Bertz CT molecular complexity index is 504. The molecule has 0 aromatic heterocycles. The van der Waals surface area contributed by atoms with E-state index in [1.165, 1.54) is 7.11 Å². The largest absolute Gasteiger partial charge is 0.465 e. The summed E-state index contributed by atoms with van der Waals surface area (Å²) in [5.41, 5.74) is 2.17. The number of benzene rings is 1. The number of methoxy groups -OCH3 is 1. The lowest BCUT2D eigenvalue weighted by atomic mass is 10.1. The number of esters is 1. The molecule has 0 amide bonds. The highest BCUT2D eigenvalue weighted by Gasteiger charge is 2.12. The van der Waals surface area contributed by atoms with Crippen molar-refractivity contribution in [3.63, 3.8) is 0 Å². The van der Waals surface area contributed by atoms with Gasteiger partial charge in [-0.1, -0.05) is 6.07 Å². The first-order valence-corrected chi connectivity index (χ1v) is 7.24. The number of carbonyl (C=O) groups is 1. The highest BCUT2D eigenvalue weighted by molar-refractivity contribution is 7.80. The summed E-state index contributed by atoms with van der Waals surface area (Å²) in [6.07, 6.45) is 1.01. The number of carbonyl (C=O) groups excluding carboxylic acids is 1. The second-order valence-electron chi connectivity index (χ2n) is 5.01. The molecule has 0 heterocycles. The van der Waals surface area contributed by atoms with Gasteiger partial charge in [0.15, 0.2) is 5.11 Å². The van der Waals surface area contributed by atoms with Crippen molar-refractivity contribution < 1.29 is 9.53 Å². The fraction of sp³-hybridized carbons (Fsp3) is 0.467. The Morgan fingerprint density at radius 3 is 2.71 bits per heavy atom. The lowest BCUT2D eigenvalue weighted by molar-refractivity contribution is 0.0600. The molecule has 1 rings (SSSR count). The Morgan fingerprint density at radius 2 is 2.10 bits per heavy atom. The fourth-order valence-corrected chi connectivity index (χ4v) is 2.08. The molecular formula is C15H23N3O2S. The summed E-state index contributed by atoms with van der Waals surface area (Å²) in [5, 5.41) is 6.83. The summed E-state index contributed by atoms with van der Waals surface area (Å²) < 4.78 is 4.76. The second-order valence-corrected chi connectivity index (χ2v) is 5.42. The van der Waals surface area contributed by atoms with Crippen LogP contribution in [0.4, 0.5) is 5.69 Å². The van der Waals surface area contributed by atoms with Crippen molar-refractivity contribution in [1.82, 2.24) is 10.2 Å². The van der Waals surface area contributed by atoms with E-state index in [1.807, 2.05) is 27.1 Å². The minimum absolute atomic E-state index is 0.346. The summed E-state index contributed by atoms with van der Waals surface area (Å²) in [5.74, 6) is -0.346. The van der Waals surface area contributed by atoms with Crippen molar-refractivity contribution in [3.8, 4) is 0 Å². The normalized spacial score (nSPS) is 10.3. The predicted molar refractivity (Wildman–Crippen MR) is 89.9 cm³/mol. The second kappa shape index (κ2) is 8.59. The first kappa shape index (κ1) is 17.4. The van der Waals surface area contributed by atoms with Crippen LogP contribution >= 0.6 is 12.2 Å². The lowest BCUT2D eigenvalue weighted by Crippen LogP contribution is -2.31. The van der Waals surface area contributed by atoms with E-state index in [4.69, 9.17) is 17.0 Å². The standard InChI is InChI=1S/C15H23N3O2S/c1-11-12(14(19)20-4)7-5-8-13(11)17-15(21)16-9-6-10-18(2)3/h5,7-8H,6,9-10H2,1-4H3,(H2,16,17,21). The summed E-state index contributed by atoms with van der Waals surface area (Å²) >= 11 is 5.26. The highest BCUT2D eigenvalue weighted by atomic mass is 32.1.